The second-order valence-corrected chi connectivity index (χ2v) is 7.96. The highest BCUT2D eigenvalue weighted by Gasteiger charge is 2.31. The van der Waals surface area contributed by atoms with Crippen LogP contribution in [0.15, 0.2) is 29.5 Å². The number of nitrogens with one attached hydrogen (secondary N) is 2. The molecular weight excluding hydrogens is 419 g/mol. The van der Waals surface area contributed by atoms with Gasteiger partial charge >= 0.3 is 6.18 Å². The summed E-state index contributed by atoms with van der Waals surface area (Å²) in [6.45, 7) is 4.03. The summed E-state index contributed by atoms with van der Waals surface area (Å²) < 4.78 is 39.6. The molecule has 0 atom stereocenters. The van der Waals surface area contributed by atoms with Gasteiger partial charge in [0.2, 0.25) is 5.88 Å². The van der Waals surface area contributed by atoms with E-state index < -0.39 is 41.0 Å². The second-order valence-electron chi connectivity index (χ2n) is 7.96. The average Bonchev–Trinajstić information content (AvgIpc) is 3.07. The molecule has 0 aliphatic heterocycles. The number of carbonyl (C=O) groups is 1. The van der Waals surface area contributed by atoms with Gasteiger partial charge in [-0.3, -0.25) is 19.1 Å². The van der Waals surface area contributed by atoms with Crippen LogP contribution in [0.2, 0.25) is 0 Å². The lowest BCUT2D eigenvalue weighted by atomic mass is 9.96. The summed E-state index contributed by atoms with van der Waals surface area (Å²) in [6, 6.07) is 1.44. The van der Waals surface area contributed by atoms with E-state index in [2.05, 4.69) is 20.4 Å². The van der Waals surface area contributed by atoms with Crippen molar-refractivity contribution in [3.05, 3.63) is 40.6 Å². The highest BCUT2D eigenvalue weighted by molar-refractivity contribution is 5.96. The summed E-state index contributed by atoms with van der Waals surface area (Å²) in [4.78, 5) is 33.1. The van der Waals surface area contributed by atoms with Crippen molar-refractivity contribution in [2.45, 2.75) is 33.5 Å². The third-order valence-electron chi connectivity index (χ3n) is 3.98. The van der Waals surface area contributed by atoms with Crippen molar-refractivity contribution in [3.8, 4) is 5.88 Å². The lowest BCUT2D eigenvalue weighted by Crippen LogP contribution is -2.38. The van der Waals surface area contributed by atoms with E-state index in [1.54, 1.807) is 5.32 Å². The average molecular weight is 439 g/mol. The number of hydrogen-bond donors (Lipinski definition) is 3. The van der Waals surface area contributed by atoms with Crippen molar-refractivity contribution in [2.75, 3.05) is 11.9 Å². The van der Waals surface area contributed by atoms with Gasteiger partial charge in [0, 0.05) is 25.0 Å². The highest BCUT2D eigenvalue weighted by Crippen LogP contribution is 2.26. The fourth-order valence-electron chi connectivity index (χ4n) is 2.81. The number of fused-ring (bicyclic) bond motifs is 1. The van der Waals surface area contributed by atoms with E-state index in [1.165, 1.54) is 29.2 Å². The fourth-order valence-corrected chi connectivity index (χ4v) is 2.81. The monoisotopic (exact) mass is 439 g/mol. The summed E-state index contributed by atoms with van der Waals surface area (Å²) in [5.41, 5.74) is -2.19. The summed E-state index contributed by atoms with van der Waals surface area (Å²) in [5.74, 6) is -1.62. The molecule has 13 heteroatoms. The maximum atomic E-state index is 12.8. The van der Waals surface area contributed by atoms with Crippen LogP contribution in [0.25, 0.3) is 5.65 Å². The molecule has 0 saturated carbocycles. The van der Waals surface area contributed by atoms with Crippen LogP contribution in [-0.2, 0) is 6.54 Å². The Morgan fingerprint density at radius 2 is 1.90 bits per heavy atom. The molecule has 3 rings (SSSR count). The number of anilines is 2. The van der Waals surface area contributed by atoms with Gasteiger partial charge in [-0.15, -0.1) is 5.10 Å². The number of rotatable bonds is 5. The molecule has 0 aromatic carbocycles. The van der Waals surface area contributed by atoms with Gasteiger partial charge in [-0.05, 0) is 5.41 Å². The normalized spacial score (nSPS) is 12.2. The van der Waals surface area contributed by atoms with Crippen LogP contribution in [-0.4, -0.2) is 47.9 Å². The minimum Gasteiger partial charge on any atom is -0.494 e. The number of alkyl halides is 3. The third-order valence-corrected chi connectivity index (χ3v) is 3.98. The highest BCUT2D eigenvalue weighted by atomic mass is 19.4. The Balaban J connectivity index is 2.14. The molecule has 31 heavy (non-hydrogen) atoms. The number of carbonyl (C=O) groups excluding carboxylic acids is 1. The predicted octanol–water partition coefficient (Wildman–Crippen LogP) is 2.07. The summed E-state index contributed by atoms with van der Waals surface area (Å²) in [6.07, 6.45) is -0.365. The number of aromatic nitrogens is 5. The molecule has 3 aromatic heterocycles. The van der Waals surface area contributed by atoms with Crippen LogP contribution >= 0.6 is 0 Å². The lowest BCUT2D eigenvalue weighted by Gasteiger charge is -2.23. The van der Waals surface area contributed by atoms with Gasteiger partial charge in [-0.25, -0.2) is 4.98 Å². The van der Waals surface area contributed by atoms with E-state index in [-0.39, 0.29) is 18.0 Å². The summed E-state index contributed by atoms with van der Waals surface area (Å²) in [5, 5.41) is 19.2. The molecule has 0 unspecified atom stereocenters. The zero-order valence-electron chi connectivity index (χ0n) is 16.9. The van der Waals surface area contributed by atoms with Crippen molar-refractivity contribution >= 4 is 23.2 Å². The molecule has 0 fully saturated rings. The first-order valence-electron chi connectivity index (χ1n) is 9.09. The van der Waals surface area contributed by atoms with Crippen LogP contribution in [0, 0.1) is 5.41 Å². The van der Waals surface area contributed by atoms with E-state index in [4.69, 9.17) is 0 Å². The maximum absolute atomic E-state index is 12.8. The van der Waals surface area contributed by atoms with Crippen LogP contribution < -0.4 is 16.2 Å². The van der Waals surface area contributed by atoms with Crippen LogP contribution in [0.3, 0.4) is 0 Å². The van der Waals surface area contributed by atoms with E-state index in [9.17, 15) is 27.9 Å². The zero-order chi connectivity index (χ0) is 23.0. The van der Waals surface area contributed by atoms with Crippen molar-refractivity contribution in [1.82, 2.24) is 29.5 Å². The van der Waals surface area contributed by atoms with Crippen LogP contribution in [0.1, 0.15) is 31.1 Å². The Morgan fingerprint density at radius 3 is 2.48 bits per heavy atom. The van der Waals surface area contributed by atoms with Gasteiger partial charge in [-0.2, -0.15) is 17.7 Å². The quantitative estimate of drug-likeness (QED) is 0.556. The molecule has 0 saturated heterocycles. The van der Waals surface area contributed by atoms with E-state index in [1.807, 2.05) is 20.8 Å². The third kappa shape index (κ3) is 5.10. The first-order chi connectivity index (χ1) is 14.4. The largest absolute Gasteiger partial charge is 0.494 e. The van der Waals surface area contributed by atoms with Gasteiger partial charge in [0.15, 0.2) is 11.4 Å². The summed E-state index contributed by atoms with van der Waals surface area (Å²) in [7, 11) is 0. The molecule has 0 aliphatic rings. The van der Waals surface area contributed by atoms with Gasteiger partial charge < -0.3 is 15.7 Å². The second kappa shape index (κ2) is 7.89. The number of aromatic hydroxyl groups is 1. The Labute approximate surface area is 173 Å². The number of nitrogens with zero attached hydrogens (tertiary/aromatic N) is 5. The van der Waals surface area contributed by atoms with Gasteiger partial charge in [-0.1, -0.05) is 20.8 Å². The summed E-state index contributed by atoms with van der Waals surface area (Å²) >= 11 is 0. The van der Waals surface area contributed by atoms with Crippen molar-refractivity contribution in [1.29, 1.82) is 0 Å². The zero-order valence-corrected chi connectivity index (χ0v) is 16.9. The Bertz CT molecular complexity index is 1160. The first-order valence-corrected chi connectivity index (χ1v) is 9.09. The molecule has 0 radical (unpaired) electrons. The molecule has 0 bridgehead atoms. The molecular formula is C18H20F3N7O3. The molecule has 3 N–H and O–H groups in total. The molecule has 3 heterocycles. The molecule has 3 aromatic rings. The smallest absolute Gasteiger partial charge is 0.405 e. The van der Waals surface area contributed by atoms with E-state index in [0.29, 0.717) is 5.82 Å². The topological polar surface area (TPSA) is 126 Å². The number of halogens is 3. The van der Waals surface area contributed by atoms with Crippen molar-refractivity contribution in [2.24, 2.45) is 5.41 Å². The van der Waals surface area contributed by atoms with Crippen molar-refractivity contribution in [3.63, 3.8) is 0 Å². The number of amides is 1. The first kappa shape index (κ1) is 22.1. The Kier molecular flexibility index (Phi) is 5.61. The van der Waals surface area contributed by atoms with Gasteiger partial charge in [0.25, 0.3) is 11.5 Å². The van der Waals surface area contributed by atoms with E-state index >= 15 is 0 Å². The van der Waals surface area contributed by atoms with Gasteiger partial charge in [0.05, 0.1) is 6.20 Å². The fraction of sp³-hybridized carbons (Fsp3) is 0.389. The van der Waals surface area contributed by atoms with Crippen LogP contribution in [0.5, 0.6) is 5.88 Å². The van der Waals surface area contributed by atoms with Crippen molar-refractivity contribution < 1.29 is 23.1 Å². The standard InChI is InChI=1S/C18H20F3N7O3/c1-17(2,3)9-27-12-6-10(25-11-7-22-4-5-23-11)26-28(12)16(31)13(15(27)30)14(29)24-8-18(19,20)21/h4-7,30H,8-9H2,1-3H3,(H,24,29)(H,23,25,26). The van der Waals surface area contributed by atoms with Gasteiger partial charge in [0.1, 0.15) is 18.0 Å². The lowest BCUT2D eigenvalue weighted by molar-refractivity contribution is -0.123. The SMILES string of the molecule is CC(C)(C)Cn1c(O)c(C(=O)NCC(F)(F)F)c(=O)n2nc(Nc3cnccn3)cc12. The molecule has 10 nitrogen and oxygen atoms in total. The minimum atomic E-state index is -4.68. The Morgan fingerprint density at radius 1 is 1.19 bits per heavy atom. The minimum absolute atomic E-state index is 0.135. The van der Waals surface area contributed by atoms with E-state index in [0.717, 1.165) is 4.52 Å². The Hall–Kier alpha value is -3.64. The molecule has 1 amide bonds. The van der Waals surface area contributed by atoms with Crippen LogP contribution in [0.4, 0.5) is 24.8 Å². The molecule has 0 spiro atoms. The maximum Gasteiger partial charge on any atom is 0.405 e. The molecule has 166 valence electrons. The molecule has 0 aliphatic carbocycles. The number of hydrogen-bond acceptors (Lipinski definition) is 7. The predicted molar refractivity (Wildman–Crippen MR) is 104 cm³/mol.